The van der Waals surface area contributed by atoms with Crippen molar-refractivity contribution in [3.63, 3.8) is 0 Å². The third-order valence-electron chi connectivity index (χ3n) is 4.62. The molecule has 158 valence electrons. The fourth-order valence-electron chi connectivity index (χ4n) is 2.72. The van der Waals surface area contributed by atoms with E-state index in [4.69, 9.17) is 17.0 Å². The van der Waals surface area contributed by atoms with Gasteiger partial charge in [0, 0.05) is 13.0 Å². The van der Waals surface area contributed by atoms with Crippen LogP contribution in [0.4, 0.5) is 0 Å². The first-order valence-corrected chi connectivity index (χ1v) is 10.7. The molecule has 0 aliphatic rings. The van der Waals surface area contributed by atoms with Crippen LogP contribution in [0, 0.1) is 18.6 Å². The van der Waals surface area contributed by atoms with Gasteiger partial charge in [0.1, 0.15) is 5.75 Å². The maximum absolute atomic E-state index is 12.3. The van der Waals surface area contributed by atoms with E-state index in [9.17, 15) is 9.59 Å². The summed E-state index contributed by atoms with van der Waals surface area (Å²) in [6, 6.07) is 9.51. The highest BCUT2D eigenvalue weighted by atomic mass is 32.1. The second-order valence-electron chi connectivity index (χ2n) is 6.73. The molecular weight excluding hydrogens is 422 g/mol. The first kappa shape index (κ1) is 21.7. The van der Waals surface area contributed by atoms with Gasteiger partial charge < -0.3 is 4.74 Å². The predicted octanol–water partition coefficient (Wildman–Crippen LogP) is 3.29. The summed E-state index contributed by atoms with van der Waals surface area (Å²) in [5, 5.41) is 8.92. The topological polar surface area (TPSA) is 101 Å². The quantitative estimate of drug-likeness (QED) is 0.383. The number of hydrogen-bond donors (Lipinski definition) is 3. The van der Waals surface area contributed by atoms with Crippen LogP contribution in [0.2, 0.25) is 0 Å². The molecule has 0 aliphatic heterocycles. The lowest BCUT2D eigenvalue weighted by Gasteiger charge is -2.17. The fraction of sp³-hybridized carbons (Fsp3) is 0.300. The predicted molar refractivity (Wildman–Crippen MR) is 118 cm³/mol. The summed E-state index contributed by atoms with van der Waals surface area (Å²) in [5.41, 5.74) is 6.87. The van der Waals surface area contributed by atoms with E-state index in [1.807, 2.05) is 49.6 Å². The molecule has 30 heavy (non-hydrogen) atoms. The highest BCUT2D eigenvalue weighted by Gasteiger charge is 2.17. The first-order valence-electron chi connectivity index (χ1n) is 9.37. The van der Waals surface area contributed by atoms with Crippen LogP contribution in [-0.4, -0.2) is 32.7 Å². The maximum atomic E-state index is 12.3. The number of aromatic amines is 1. The van der Waals surface area contributed by atoms with E-state index in [0.29, 0.717) is 22.9 Å². The highest BCUT2D eigenvalue weighted by molar-refractivity contribution is 7.71. The van der Waals surface area contributed by atoms with Crippen molar-refractivity contribution < 1.29 is 14.3 Å². The Hall–Kier alpha value is -2.98. The normalized spacial score (nSPS) is 11.7. The molecule has 0 radical (unpaired) electrons. The molecular formula is C20H23N5O3S2. The molecule has 2 aromatic heterocycles. The number of nitrogens with one attached hydrogen (secondary N) is 3. The van der Waals surface area contributed by atoms with E-state index in [-0.39, 0.29) is 12.3 Å². The van der Waals surface area contributed by atoms with Crippen molar-refractivity contribution in [2.45, 2.75) is 39.8 Å². The monoisotopic (exact) mass is 445 g/mol. The van der Waals surface area contributed by atoms with Crippen LogP contribution in [-0.2, 0) is 16.1 Å². The van der Waals surface area contributed by atoms with Gasteiger partial charge in [0.15, 0.2) is 16.7 Å². The van der Waals surface area contributed by atoms with Crippen molar-refractivity contribution in [3.8, 4) is 16.5 Å². The van der Waals surface area contributed by atoms with Crippen LogP contribution in [0.25, 0.3) is 10.7 Å². The standard InChI is InChI=1S/C20H23N5O3S2/c1-12-6-4-7-15(13(12)2)28-14(3)19(27)23-21-17(26)9-10-25-18(22-24-20(25)29)16-8-5-11-30-16/h4-8,11,14H,9-10H2,1-3H3,(H,21,26)(H,23,27)(H,24,29)/t14-/m0/s1. The van der Waals surface area contributed by atoms with Gasteiger partial charge in [-0.2, -0.15) is 5.10 Å². The lowest BCUT2D eigenvalue weighted by molar-refractivity contribution is -0.132. The van der Waals surface area contributed by atoms with Crippen LogP contribution in [0.15, 0.2) is 35.7 Å². The minimum atomic E-state index is -0.765. The summed E-state index contributed by atoms with van der Waals surface area (Å²) in [5.74, 6) is 0.535. The summed E-state index contributed by atoms with van der Waals surface area (Å²) < 4.78 is 7.91. The van der Waals surface area contributed by atoms with Gasteiger partial charge in [0.2, 0.25) is 5.91 Å². The van der Waals surface area contributed by atoms with Crippen molar-refractivity contribution in [2.75, 3.05) is 0 Å². The van der Waals surface area contributed by atoms with Crippen molar-refractivity contribution in [2.24, 2.45) is 0 Å². The Morgan fingerprint density at radius 3 is 2.80 bits per heavy atom. The number of rotatable bonds is 7. The zero-order valence-electron chi connectivity index (χ0n) is 16.9. The van der Waals surface area contributed by atoms with Gasteiger partial charge in [-0.1, -0.05) is 18.2 Å². The molecule has 0 saturated heterocycles. The summed E-state index contributed by atoms with van der Waals surface area (Å²) >= 11 is 6.79. The first-order chi connectivity index (χ1) is 14.4. The summed E-state index contributed by atoms with van der Waals surface area (Å²) in [6.07, 6.45) is -0.641. The number of hydrazine groups is 1. The zero-order chi connectivity index (χ0) is 21.7. The Labute approximate surface area is 183 Å². The number of carbonyl (C=O) groups excluding carboxylic acids is 2. The molecule has 2 heterocycles. The average molecular weight is 446 g/mol. The van der Waals surface area contributed by atoms with Crippen molar-refractivity contribution >= 4 is 35.4 Å². The van der Waals surface area contributed by atoms with Gasteiger partial charge in [0.25, 0.3) is 5.91 Å². The van der Waals surface area contributed by atoms with E-state index < -0.39 is 12.0 Å². The number of benzene rings is 1. The molecule has 0 saturated carbocycles. The molecule has 2 amide bonds. The Balaban J connectivity index is 1.50. The van der Waals surface area contributed by atoms with Crippen LogP contribution in [0.5, 0.6) is 5.75 Å². The van der Waals surface area contributed by atoms with Crippen LogP contribution in [0.1, 0.15) is 24.5 Å². The largest absolute Gasteiger partial charge is 0.481 e. The number of thiophene rings is 1. The van der Waals surface area contributed by atoms with Gasteiger partial charge >= 0.3 is 0 Å². The number of aryl methyl sites for hydroxylation is 1. The third-order valence-corrected chi connectivity index (χ3v) is 5.79. The molecule has 0 aliphatic carbocycles. The lowest BCUT2D eigenvalue weighted by atomic mass is 10.1. The Morgan fingerprint density at radius 2 is 2.07 bits per heavy atom. The van der Waals surface area contributed by atoms with Crippen LogP contribution >= 0.6 is 23.6 Å². The van der Waals surface area contributed by atoms with Crippen molar-refractivity contribution in [3.05, 3.63) is 51.6 Å². The molecule has 0 spiro atoms. The number of ether oxygens (including phenoxy) is 1. The second kappa shape index (κ2) is 9.68. The summed E-state index contributed by atoms with van der Waals surface area (Å²) in [4.78, 5) is 25.4. The Bertz CT molecular complexity index is 1090. The van der Waals surface area contributed by atoms with Gasteiger partial charge in [-0.25, -0.2) is 0 Å². The summed E-state index contributed by atoms with van der Waals surface area (Å²) in [6.45, 7) is 5.87. The molecule has 10 heteroatoms. The maximum Gasteiger partial charge on any atom is 0.279 e. The van der Waals surface area contributed by atoms with Crippen LogP contribution < -0.4 is 15.6 Å². The van der Waals surface area contributed by atoms with Gasteiger partial charge in [-0.15, -0.1) is 11.3 Å². The smallest absolute Gasteiger partial charge is 0.279 e. The van der Waals surface area contributed by atoms with Gasteiger partial charge in [-0.05, 0) is 61.6 Å². The Kier molecular flexibility index (Phi) is 7.01. The second-order valence-corrected chi connectivity index (χ2v) is 8.06. The molecule has 8 nitrogen and oxygen atoms in total. The van der Waals surface area contributed by atoms with E-state index in [2.05, 4.69) is 21.0 Å². The molecule has 0 unspecified atom stereocenters. The third kappa shape index (κ3) is 5.14. The number of aromatic nitrogens is 3. The number of H-pyrrole nitrogens is 1. The van der Waals surface area contributed by atoms with E-state index in [1.54, 1.807) is 11.5 Å². The molecule has 1 aromatic carbocycles. The van der Waals surface area contributed by atoms with E-state index in [1.165, 1.54) is 11.3 Å². The number of hydrogen-bond acceptors (Lipinski definition) is 6. The minimum absolute atomic E-state index is 0.124. The lowest BCUT2D eigenvalue weighted by Crippen LogP contribution is -2.47. The molecule has 3 rings (SSSR count). The van der Waals surface area contributed by atoms with Gasteiger partial charge in [0.05, 0.1) is 4.88 Å². The van der Waals surface area contributed by atoms with E-state index in [0.717, 1.165) is 16.0 Å². The Morgan fingerprint density at radius 1 is 1.27 bits per heavy atom. The summed E-state index contributed by atoms with van der Waals surface area (Å²) in [7, 11) is 0. The molecule has 0 bridgehead atoms. The van der Waals surface area contributed by atoms with Crippen LogP contribution in [0.3, 0.4) is 0 Å². The molecule has 3 N–H and O–H groups in total. The number of amides is 2. The highest BCUT2D eigenvalue weighted by Crippen LogP contribution is 2.23. The number of nitrogens with zero attached hydrogens (tertiary/aromatic N) is 2. The number of carbonyl (C=O) groups is 2. The van der Waals surface area contributed by atoms with Crippen molar-refractivity contribution in [1.82, 2.24) is 25.6 Å². The molecule has 1 atom stereocenters. The SMILES string of the molecule is Cc1cccc(O[C@@H](C)C(=O)NNC(=O)CCn2c(-c3cccs3)n[nH]c2=S)c1C. The van der Waals surface area contributed by atoms with E-state index >= 15 is 0 Å². The fourth-order valence-corrected chi connectivity index (χ4v) is 3.67. The average Bonchev–Trinajstić information content (AvgIpc) is 3.37. The van der Waals surface area contributed by atoms with Crippen molar-refractivity contribution in [1.29, 1.82) is 0 Å². The molecule has 0 fully saturated rings. The zero-order valence-corrected chi connectivity index (χ0v) is 18.5. The minimum Gasteiger partial charge on any atom is -0.481 e. The van der Waals surface area contributed by atoms with Gasteiger partial charge in [-0.3, -0.25) is 30.1 Å². The molecule has 3 aromatic rings.